The lowest BCUT2D eigenvalue weighted by molar-refractivity contribution is 0.588. The smallest absolute Gasteiger partial charge is 0.0396 e. The summed E-state index contributed by atoms with van der Waals surface area (Å²) in [5, 5.41) is 3.48. The molecular formula is C17H28N2. The molecule has 1 aliphatic rings. The number of hydrogen-bond donors (Lipinski definition) is 1. The molecule has 1 aromatic carbocycles. The third kappa shape index (κ3) is 3.73. The van der Waals surface area contributed by atoms with Crippen molar-refractivity contribution in [2.24, 2.45) is 5.92 Å². The van der Waals surface area contributed by atoms with Crippen molar-refractivity contribution >= 4 is 5.69 Å². The van der Waals surface area contributed by atoms with Crippen LogP contribution in [0.3, 0.4) is 0 Å². The van der Waals surface area contributed by atoms with E-state index in [0.717, 1.165) is 12.5 Å². The average molecular weight is 260 g/mol. The van der Waals surface area contributed by atoms with Gasteiger partial charge in [-0.25, -0.2) is 0 Å². The fourth-order valence-electron chi connectivity index (χ4n) is 2.66. The van der Waals surface area contributed by atoms with Crippen LogP contribution < -0.4 is 10.2 Å². The molecule has 2 nitrogen and oxygen atoms in total. The summed E-state index contributed by atoms with van der Waals surface area (Å²) >= 11 is 0. The van der Waals surface area contributed by atoms with Gasteiger partial charge >= 0.3 is 0 Å². The number of aryl methyl sites for hydroxylation is 1. The summed E-state index contributed by atoms with van der Waals surface area (Å²) in [6, 6.07) is 8.07. The van der Waals surface area contributed by atoms with Crippen LogP contribution in [0.25, 0.3) is 0 Å². The Morgan fingerprint density at radius 2 is 1.95 bits per heavy atom. The van der Waals surface area contributed by atoms with E-state index in [4.69, 9.17) is 0 Å². The Labute approximate surface area is 118 Å². The van der Waals surface area contributed by atoms with Crippen LogP contribution in [-0.4, -0.2) is 19.1 Å². The predicted molar refractivity (Wildman–Crippen MR) is 83.7 cm³/mol. The van der Waals surface area contributed by atoms with Gasteiger partial charge in [-0.05, 0) is 49.8 Å². The van der Waals surface area contributed by atoms with E-state index in [-0.39, 0.29) is 0 Å². The van der Waals surface area contributed by atoms with Crippen molar-refractivity contribution < 1.29 is 0 Å². The molecule has 106 valence electrons. The molecule has 0 saturated heterocycles. The normalized spacial score (nSPS) is 16.7. The van der Waals surface area contributed by atoms with E-state index in [1.54, 1.807) is 0 Å². The molecule has 1 aromatic rings. The van der Waals surface area contributed by atoms with Crippen LogP contribution >= 0.6 is 0 Å². The quantitative estimate of drug-likeness (QED) is 0.838. The van der Waals surface area contributed by atoms with E-state index in [0.29, 0.717) is 12.1 Å². The summed E-state index contributed by atoms with van der Waals surface area (Å²) in [7, 11) is 2.23. The fraction of sp³-hybridized carbons (Fsp3) is 0.647. The molecule has 0 heterocycles. The van der Waals surface area contributed by atoms with Crippen molar-refractivity contribution in [2.45, 2.75) is 59.2 Å². The zero-order chi connectivity index (χ0) is 14.0. The lowest BCUT2D eigenvalue weighted by Crippen LogP contribution is -2.31. The largest absolute Gasteiger partial charge is 0.371 e. The summed E-state index contributed by atoms with van der Waals surface area (Å²) in [6.45, 7) is 9.91. The summed E-state index contributed by atoms with van der Waals surface area (Å²) in [6.07, 6.45) is 2.81. The number of anilines is 1. The zero-order valence-electron chi connectivity index (χ0n) is 13.0. The van der Waals surface area contributed by atoms with Gasteiger partial charge in [0, 0.05) is 31.4 Å². The topological polar surface area (TPSA) is 15.3 Å². The Kier molecular flexibility index (Phi) is 4.51. The summed E-state index contributed by atoms with van der Waals surface area (Å²) < 4.78 is 0. The highest BCUT2D eigenvalue weighted by Crippen LogP contribution is 2.37. The van der Waals surface area contributed by atoms with Crippen LogP contribution in [0.2, 0.25) is 0 Å². The monoisotopic (exact) mass is 260 g/mol. The molecule has 2 heteroatoms. The van der Waals surface area contributed by atoms with Crippen molar-refractivity contribution in [3.05, 3.63) is 29.3 Å². The molecule has 0 bridgehead atoms. The zero-order valence-corrected chi connectivity index (χ0v) is 13.0. The minimum atomic E-state index is 0.539. The maximum Gasteiger partial charge on any atom is 0.0396 e. The van der Waals surface area contributed by atoms with Gasteiger partial charge < -0.3 is 10.2 Å². The van der Waals surface area contributed by atoms with Crippen molar-refractivity contribution in [3.63, 3.8) is 0 Å². The third-order valence-corrected chi connectivity index (χ3v) is 4.27. The third-order valence-electron chi connectivity index (χ3n) is 4.27. The maximum absolute atomic E-state index is 3.48. The van der Waals surface area contributed by atoms with E-state index < -0.39 is 0 Å². The van der Waals surface area contributed by atoms with Gasteiger partial charge in [0.1, 0.15) is 0 Å². The molecule has 1 saturated carbocycles. The highest BCUT2D eigenvalue weighted by atomic mass is 15.1. The molecule has 2 rings (SSSR count). The minimum absolute atomic E-state index is 0.539. The Morgan fingerprint density at radius 3 is 2.47 bits per heavy atom. The van der Waals surface area contributed by atoms with E-state index >= 15 is 0 Å². The van der Waals surface area contributed by atoms with Gasteiger partial charge in [0.15, 0.2) is 0 Å². The molecule has 1 N–H and O–H groups in total. The van der Waals surface area contributed by atoms with Gasteiger partial charge in [-0.2, -0.15) is 0 Å². The van der Waals surface area contributed by atoms with Gasteiger partial charge in [0.05, 0.1) is 0 Å². The first-order chi connectivity index (χ1) is 8.99. The summed E-state index contributed by atoms with van der Waals surface area (Å²) in [5.74, 6) is 0.909. The molecule has 0 spiro atoms. The van der Waals surface area contributed by atoms with Gasteiger partial charge in [0.25, 0.3) is 0 Å². The second-order valence-corrected chi connectivity index (χ2v) is 6.35. The lowest BCUT2D eigenvalue weighted by atomic mass is 10.1. The average Bonchev–Trinajstić information content (AvgIpc) is 3.19. The van der Waals surface area contributed by atoms with Crippen molar-refractivity contribution in [3.8, 4) is 0 Å². The Morgan fingerprint density at radius 1 is 1.26 bits per heavy atom. The molecule has 1 aliphatic carbocycles. The van der Waals surface area contributed by atoms with Crippen molar-refractivity contribution in [1.29, 1.82) is 0 Å². The van der Waals surface area contributed by atoms with E-state index in [2.05, 4.69) is 63.2 Å². The van der Waals surface area contributed by atoms with E-state index in [9.17, 15) is 0 Å². The summed E-state index contributed by atoms with van der Waals surface area (Å²) in [5.41, 5.74) is 4.15. The highest BCUT2D eigenvalue weighted by molar-refractivity contribution is 5.54. The molecule has 1 fully saturated rings. The van der Waals surface area contributed by atoms with Crippen molar-refractivity contribution in [1.82, 2.24) is 5.32 Å². The molecule has 0 radical (unpaired) electrons. The van der Waals surface area contributed by atoms with E-state index in [1.807, 2.05) is 0 Å². The minimum Gasteiger partial charge on any atom is -0.371 e. The number of benzene rings is 1. The molecule has 1 atom stereocenters. The molecule has 1 unspecified atom stereocenters. The number of hydrogen-bond acceptors (Lipinski definition) is 2. The predicted octanol–water partition coefficient (Wildman–Crippen LogP) is 3.73. The molecular weight excluding hydrogens is 232 g/mol. The van der Waals surface area contributed by atoms with Gasteiger partial charge in [-0.1, -0.05) is 26.0 Å². The Balaban J connectivity index is 2.05. The Bertz CT molecular complexity index is 421. The molecule has 0 amide bonds. The number of nitrogens with zero attached hydrogens (tertiary/aromatic N) is 1. The van der Waals surface area contributed by atoms with Crippen LogP contribution in [0.1, 0.15) is 44.7 Å². The molecule has 0 aliphatic heterocycles. The van der Waals surface area contributed by atoms with E-state index in [1.165, 1.54) is 29.7 Å². The number of rotatable bonds is 6. The summed E-state index contributed by atoms with van der Waals surface area (Å²) in [4.78, 5) is 2.45. The van der Waals surface area contributed by atoms with Crippen LogP contribution in [0, 0.1) is 12.8 Å². The first kappa shape index (κ1) is 14.4. The first-order valence-corrected chi connectivity index (χ1v) is 7.54. The maximum atomic E-state index is 3.48. The van der Waals surface area contributed by atoms with Crippen LogP contribution in [-0.2, 0) is 6.54 Å². The lowest BCUT2D eigenvalue weighted by Gasteiger charge is -2.29. The molecule has 19 heavy (non-hydrogen) atoms. The fourth-order valence-corrected chi connectivity index (χ4v) is 2.66. The SMILES string of the molecule is Cc1cc(CNC(C)C)ccc1N(C)C(C)C1CC1. The first-order valence-electron chi connectivity index (χ1n) is 7.54. The molecule has 0 aromatic heterocycles. The van der Waals surface area contributed by atoms with Crippen LogP contribution in [0.5, 0.6) is 0 Å². The Hall–Kier alpha value is -1.02. The second-order valence-electron chi connectivity index (χ2n) is 6.35. The number of nitrogens with one attached hydrogen (secondary N) is 1. The van der Waals surface area contributed by atoms with Crippen LogP contribution in [0.15, 0.2) is 18.2 Å². The van der Waals surface area contributed by atoms with Gasteiger partial charge in [-0.3, -0.25) is 0 Å². The van der Waals surface area contributed by atoms with Crippen LogP contribution in [0.4, 0.5) is 5.69 Å². The van der Waals surface area contributed by atoms with Gasteiger partial charge in [-0.15, -0.1) is 0 Å². The van der Waals surface area contributed by atoms with Crippen molar-refractivity contribution in [2.75, 3.05) is 11.9 Å². The standard InChI is InChI=1S/C17H28N2/c1-12(2)18-11-15-6-9-17(13(3)10-15)19(5)14(4)16-7-8-16/h6,9-10,12,14,16,18H,7-8,11H2,1-5H3. The van der Waals surface area contributed by atoms with Gasteiger partial charge in [0.2, 0.25) is 0 Å². The highest BCUT2D eigenvalue weighted by Gasteiger charge is 2.30. The second kappa shape index (κ2) is 5.96.